The number of aliphatic carboxylic acids is 1. The number of carboxylic acid groups (broad SMARTS) is 1. The van der Waals surface area contributed by atoms with E-state index in [2.05, 4.69) is 0 Å². The minimum Gasteiger partial charge on any atom is -0.481 e. The number of nitrogens with one attached hydrogen (secondary N) is 1. The number of benzene rings is 3. The minimum atomic E-state index is -3.63. The standard InChI is InChI=1S/C22H22N4O3S.C2H4O2/c23-21(24)18-6-3-7-19(14-18)22(27)25-10-12-26(13-11-25)30(28,29)20-9-8-16-4-1-2-5-17(16)15-20;1-2(3)4/h1-9,14-15H,10-13H2,(H3,23,24);1H3,(H,3,4). The Morgan fingerprint density at radius 2 is 1.47 bits per heavy atom. The maximum absolute atomic E-state index is 13.1. The number of nitrogens with two attached hydrogens (primary N) is 1. The topological polar surface area (TPSA) is 145 Å². The number of hydrogen-bond donors (Lipinski definition) is 3. The molecule has 9 nitrogen and oxygen atoms in total. The molecule has 0 atom stereocenters. The van der Waals surface area contributed by atoms with Gasteiger partial charge in [-0.1, -0.05) is 42.5 Å². The number of carboxylic acids is 1. The second-order valence-electron chi connectivity index (χ2n) is 7.72. The largest absolute Gasteiger partial charge is 0.481 e. The Balaban J connectivity index is 0.000000751. The van der Waals surface area contributed by atoms with Crippen LogP contribution in [0.4, 0.5) is 0 Å². The highest BCUT2D eigenvalue weighted by atomic mass is 32.2. The first-order valence-corrected chi connectivity index (χ1v) is 12.0. The molecule has 4 N–H and O–H groups in total. The van der Waals surface area contributed by atoms with Crippen LogP contribution in [0.2, 0.25) is 0 Å². The number of nitrogen functional groups attached to an aromatic ring is 1. The van der Waals surface area contributed by atoms with Gasteiger partial charge in [-0.25, -0.2) is 8.42 Å². The molecule has 1 amide bonds. The molecule has 1 fully saturated rings. The van der Waals surface area contributed by atoms with Crippen LogP contribution in [0.25, 0.3) is 10.8 Å². The van der Waals surface area contributed by atoms with E-state index in [1.807, 2.05) is 30.3 Å². The molecule has 10 heteroatoms. The van der Waals surface area contributed by atoms with Crippen molar-refractivity contribution in [3.8, 4) is 0 Å². The summed E-state index contributed by atoms with van der Waals surface area (Å²) in [5.41, 5.74) is 6.43. The molecule has 0 radical (unpaired) electrons. The van der Waals surface area contributed by atoms with Gasteiger partial charge in [-0.2, -0.15) is 4.31 Å². The maximum Gasteiger partial charge on any atom is 0.300 e. The number of sulfonamides is 1. The zero-order valence-electron chi connectivity index (χ0n) is 18.6. The van der Waals surface area contributed by atoms with E-state index in [9.17, 15) is 13.2 Å². The fraction of sp³-hybridized carbons (Fsp3) is 0.208. The van der Waals surface area contributed by atoms with Gasteiger partial charge in [-0.3, -0.25) is 15.0 Å². The summed E-state index contributed by atoms with van der Waals surface area (Å²) in [5.74, 6) is -1.13. The highest BCUT2D eigenvalue weighted by Crippen LogP contribution is 2.23. The Bertz CT molecular complexity index is 1330. The summed E-state index contributed by atoms with van der Waals surface area (Å²) >= 11 is 0. The van der Waals surface area contributed by atoms with Gasteiger partial charge >= 0.3 is 0 Å². The number of piperazine rings is 1. The number of nitrogens with zero attached hydrogens (tertiary/aromatic N) is 2. The van der Waals surface area contributed by atoms with Gasteiger partial charge in [0.15, 0.2) is 0 Å². The van der Waals surface area contributed by atoms with E-state index in [-0.39, 0.29) is 29.7 Å². The SMILES string of the molecule is CC(=O)O.N=C(N)c1cccc(C(=O)N2CCN(S(=O)(=O)c3ccc4ccccc4c3)CC2)c1. The van der Waals surface area contributed by atoms with Gasteiger partial charge in [-0.15, -0.1) is 0 Å². The molecule has 0 spiro atoms. The highest BCUT2D eigenvalue weighted by Gasteiger charge is 2.30. The zero-order chi connectivity index (χ0) is 24.9. The lowest BCUT2D eigenvalue weighted by Gasteiger charge is -2.34. The number of carbonyl (C=O) groups is 2. The molecule has 1 aliphatic heterocycles. The Morgan fingerprint density at radius 1 is 0.882 bits per heavy atom. The molecule has 3 aromatic carbocycles. The average molecular weight is 483 g/mol. The van der Waals surface area contributed by atoms with Gasteiger partial charge < -0.3 is 15.7 Å². The van der Waals surface area contributed by atoms with Crippen LogP contribution >= 0.6 is 0 Å². The summed E-state index contributed by atoms with van der Waals surface area (Å²) in [5, 5.41) is 16.8. The summed E-state index contributed by atoms with van der Waals surface area (Å²) in [7, 11) is -3.63. The Labute approximate surface area is 198 Å². The fourth-order valence-electron chi connectivity index (χ4n) is 3.61. The Hall–Kier alpha value is -3.76. The van der Waals surface area contributed by atoms with Crippen LogP contribution in [0.5, 0.6) is 0 Å². The third kappa shape index (κ3) is 5.77. The van der Waals surface area contributed by atoms with E-state index < -0.39 is 16.0 Å². The smallest absolute Gasteiger partial charge is 0.300 e. The van der Waals surface area contributed by atoms with Gasteiger partial charge in [0.2, 0.25) is 10.0 Å². The molecule has 0 saturated carbocycles. The summed E-state index contributed by atoms with van der Waals surface area (Å²) in [6.07, 6.45) is 0. The van der Waals surface area contributed by atoms with E-state index in [1.54, 1.807) is 41.3 Å². The normalized spacial score (nSPS) is 14.2. The van der Waals surface area contributed by atoms with Crippen LogP contribution in [0.1, 0.15) is 22.8 Å². The van der Waals surface area contributed by atoms with Crippen LogP contribution < -0.4 is 5.73 Å². The van der Waals surface area contributed by atoms with Gasteiger partial charge in [0.25, 0.3) is 11.9 Å². The summed E-state index contributed by atoms with van der Waals surface area (Å²) in [4.78, 5) is 23.7. The lowest BCUT2D eigenvalue weighted by Crippen LogP contribution is -2.50. The van der Waals surface area contributed by atoms with Crippen LogP contribution in [0.15, 0.2) is 71.6 Å². The van der Waals surface area contributed by atoms with Gasteiger partial charge in [0.1, 0.15) is 5.84 Å². The molecule has 0 bridgehead atoms. The van der Waals surface area contributed by atoms with Crippen molar-refractivity contribution in [2.45, 2.75) is 11.8 Å². The second kappa shape index (κ2) is 10.4. The van der Waals surface area contributed by atoms with Gasteiger partial charge in [0, 0.05) is 44.2 Å². The van der Waals surface area contributed by atoms with E-state index in [0.717, 1.165) is 17.7 Å². The molecular formula is C24H26N4O5S. The van der Waals surface area contributed by atoms with Crippen molar-refractivity contribution in [3.63, 3.8) is 0 Å². The summed E-state index contributed by atoms with van der Waals surface area (Å²) in [6, 6.07) is 19.4. The van der Waals surface area contributed by atoms with Gasteiger partial charge in [0.05, 0.1) is 4.90 Å². The molecule has 0 unspecified atom stereocenters. The van der Waals surface area contributed by atoms with E-state index in [0.29, 0.717) is 24.2 Å². The quantitative estimate of drug-likeness (QED) is 0.384. The van der Waals surface area contributed by atoms with E-state index in [4.69, 9.17) is 21.0 Å². The van der Waals surface area contributed by atoms with Crippen molar-refractivity contribution in [1.29, 1.82) is 5.41 Å². The predicted molar refractivity (Wildman–Crippen MR) is 129 cm³/mol. The second-order valence-corrected chi connectivity index (χ2v) is 9.66. The third-order valence-corrected chi connectivity index (χ3v) is 7.20. The van der Waals surface area contributed by atoms with Crippen LogP contribution in [0.3, 0.4) is 0 Å². The Kier molecular flexibility index (Phi) is 7.64. The molecule has 34 heavy (non-hydrogen) atoms. The number of rotatable bonds is 4. The van der Waals surface area contributed by atoms with Gasteiger partial charge in [-0.05, 0) is 35.0 Å². The molecule has 1 saturated heterocycles. The average Bonchev–Trinajstić information content (AvgIpc) is 2.83. The van der Waals surface area contributed by atoms with Crippen LogP contribution in [-0.4, -0.2) is 66.6 Å². The van der Waals surface area contributed by atoms with Crippen molar-refractivity contribution in [2.75, 3.05) is 26.2 Å². The minimum absolute atomic E-state index is 0.101. The molecule has 0 aliphatic carbocycles. The van der Waals surface area contributed by atoms with Crippen molar-refractivity contribution < 1.29 is 23.1 Å². The lowest BCUT2D eigenvalue weighted by atomic mass is 10.1. The number of hydrogen-bond acceptors (Lipinski definition) is 5. The zero-order valence-corrected chi connectivity index (χ0v) is 19.5. The Morgan fingerprint density at radius 3 is 2.09 bits per heavy atom. The summed E-state index contributed by atoms with van der Waals surface area (Å²) in [6.45, 7) is 2.15. The number of amides is 1. The van der Waals surface area contributed by atoms with Crippen LogP contribution in [0, 0.1) is 5.41 Å². The lowest BCUT2D eigenvalue weighted by molar-refractivity contribution is -0.134. The monoisotopic (exact) mass is 482 g/mol. The highest BCUT2D eigenvalue weighted by molar-refractivity contribution is 7.89. The molecule has 1 aliphatic rings. The summed E-state index contributed by atoms with van der Waals surface area (Å²) < 4.78 is 27.6. The first-order valence-electron chi connectivity index (χ1n) is 10.5. The molecule has 1 heterocycles. The fourth-order valence-corrected chi connectivity index (χ4v) is 5.07. The molecule has 178 valence electrons. The number of carbonyl (C=O) groups excluding carboxylic acids is 1. The van der Waals surface area contributed by atoms with E-state index >= 15 is 0 Å². The molecule has 4 rings (SSSR count). The van der Waals surface area contributed by atoms with Crippen molar-refractivity contribution in [1.82, 2.24) is 9.21 Å². The first kappa shape index (κ1) is 24.9. The first-order chi connectivity index (χ1) is 16.1. The maximum atomic E-state index is 13.1. The number of amidine groups is 1. The predicted octanol–water partition coefficient (Wildman–Crippen LogP) is 2.36. The third-order valence-electron chi connectivity index (χ3n) is 5.31. The van der Waals surface area contributed by atoms with Crippen molar-refractivity contribution in [2.24, 2.45) is 5.73 Å². The van der Waals surface area contributed by atoms with E-state index in [1.165, 1.54) is 4.31 Å². The number of fused-ring (bicyclic) bond motifs is 1. The van der Waals surface area contributed by atoms with Crippen molar-refractivity contribution >= 4 is 38.5 Å². The molecule has 0 aromatic heterocycles. The van der Waals surface area contributed by atoms with Crippen molar-refractivity contribution in [3.05, 3.63) is 77.9 Å². The molecule has 3 aromatic rings. The molecular weight excluding hydrogens is 456 g/mol. The van der Waals surface area contributed by atoms with Crippen LogP contribution in [-0.2, 0) is 14.8 Å².